The van der Waals surface area contributed by atoms with E-state index in [0.717, 1.165) is 32.5 Å². The summed E-state index contributed by atoms with van der Waals surface area (Å²) in [4.78, 5) is 15.9. The van der Waals surface area contributed by atoms with Crippen molar-refractivity contribution in [2.24, 2.45) is 18.9 Å². The minimum absolute atomic E-state index is 0. The van der Waals surface area contributed by atoms with Crippen LogP contribution in [0.25, 0.3) is 0 Å². The number of aromatic nitrogens is 2. The Morgan fingerprint density at radius 2 is 2.20 bits per heavy atom. The molecule has 2 aliphatic rings. The Kier molecular flexibility index (Phi) is 6.30. The number of imidazole rings is 1. The summed E-state index contributed by atoms with van der Waals surface area (Å²) in [6.07, 6.45) is 5.92. The van der Waals surface area contributed by atoms with Gasteiger partial charge in [-0.25, -0.2) is 4.98 Å². The summed E-state index contributed by atoms with van der Waals surface area (Å²) in [5, 5.41) is 6.50. The van der Waals surface area contributed by atoms with Gasteiger partial charge in [0, 0.05) is 50.4 Å². The van der Waals surface area contributed by atoms with Crippen LogP contribution in [-0.4, -0.2) is 35.1 Å². The van der Waals surface area contributed by atoms with Gasteiger partial charge in [-0.1, -0.05) is 0 Å². The molecule has 0 aromatic carbocycles. The van der Waals surface area contributed by atoms with Crippen LogP contribution in [0.15, 0.2) is 12.5 Å². The maximum atomic E-state index is 11.7. The van der Waals surface area contributed by atoms with Crippen molar-refractivity contribution < 1.29 is 4.79 Å². The highest BCUT2D eigenvalue weighted by Crippen LogP contribution is 2.30. The van der Waals surface area contributed by atoms with E-state index in [9.17, 15) is 4.79 Å². The molecule has 1 saturated heterocycles. The van der Waals surface area contributed by atoms with Crippen LogP contribution in [0.2, 0.25) is 0 Å². The number of nitrogens with one attached hydrogen (secondary N) is 2. The maximum absolute atomic E-state index is 11.7. The van der Waals surface area contributed by atoms with E-state index < -0.39 is 0 Å². The Balaban J connectivity index is 0.000001000. The molecule has 7 heteroatoms. The van der Waals surface area contributed by atoms with Crippen molar-refractivity contribution in [3.63, 3.8) is 0 Å². The molecule has 0 bridgehead atoms. The van der Waals surface area contributed by atoms with Crippen LogP contribution in [0, 0.1) is 11.8 Å². The van der Waals surface area contributed by atoms with E-state index in [-0.39, 0.29) is 30.7 Å². The number of carbonyl (C=O) groups is 1. The van der Waals surface area contributed by atoms with Gasteiger partial charge >= 0.3 is 0 Å². The van der Waals surface area contributed by atoms with E-state index in [1.807, 2.05) is 19.6 Å². The highest BCUT2D eigenvalue weighted by molar-refractivity contribution is 5.85. The van der Waals surface area contributed by atoms with Crippen molar-refractivity contribution in [3.05, 3.63) is 18.2 Å². The molecule has 1 amide bonds. The Morgan fingerprint density at radius 1 is 1.45 bits per heavy atom. The number of nitrogens with zero attached hydrogens (tertiary/aromatic N) is 2. The first-order valence-electron chi connectivity index (χ1n) is 6.70. The molecule has 2 N–H and O–H groups in total. The second-order valence-corrected chi connectivity index (χ2v) is 5.47. The molecule has 0 unspecified atom stereocenters. The molecule has 114 valence electrons. The Morgan fingerprint density at radius 3 is 2.80 bits per heavy atom. The maximum Gasteiger partial charge on any atom is 0.223 e. The third-order valence-corrected chi connectivity index (χ3v) is 4.06. The Hall–Kier alpha value is -0.780. The topological polar surface area (TPSA) is 59.0 Å². The highest BCUT2D eigenvalue weighted by atomic mass is 35.5. The molecule has 5 nitrogen and oxygen atoms in total. The first kappa shape index (κ1) is 17.3. The lowest BCUT2D eigenvalue weighted by Crippen LogP contribution is -2.33. The molecule has 20 heavy (non-hydrogen) atoms. The number of carbonyl (C=O) groups excluding carboxylic acids is 1. The molecule has 3 rings (SSSR count). The van der Waals surface area contributed by atoms with Gasteiger partial charge in [0.05, 0.1) is 6.33 Å². The molecule has 1 aliphatic carbocycles. The molecule has 1 aromatic heterocycles. The average molecular weight is 321 g/mol. The number of hydrogen-bond donors (Lipinski definition) is 2. The monoisotopic (exact) mass is 320 g/mol. The van der Waals surface area contributed by atoms with Crippen molar-refractivity contribution in [2.45, 2.75) is 18.8 Å². The largest absolute Gasteiger partial charge is 0.356 e. The van der Waals surface area contributed by atoms with Crippen LogP contribution in [0.1, 0.15) is 24.5 Å². The van der Waals surface area contributed by atoms with Crippen molar-refractivity contribution in [1.82, 2.24) is 20.2 Å². The first-order valence-corrected chi connectivity index (χ1v) is 6.70. The minimum atomic E-state index is 0. The minimum Gasteiger partial charge on any atom is -0.356 e. The first-order chi connectivity index (χ1) is 8.75. The van der Waals surface area contributed by atoms with Gasteiger partial charge in [0.25, 0.3) is 0 Å². The summed E-state index contributed by atoms with van der Waals surface area (Å²) >= 11 is 0. The number of halogens is 2. The van der Waals surface area contributed by atoms with E-state index >= 15 is 0 Å². The van der Waals surface area contributed by atoms with Gasteiger partial charge in [-0.3, -0.25) is 4.79 Å². The van der Waals surface area contributed by atoms with Gasteiger partial charge < -0.3 is 15.2 Å². The van der Waals surface area contributed by atoms with Crippen molar-refractivity contribution in [3.8, 4) is 0 Å². The van der Waals surface area contributed by atoms with Crippen molar-refractivity contribution >= 4 is 30.7 Å². The third-order valence-electron chi connectivity index (χ3n) is 4.06. The summed E-state index contributed by atoms with van der Waals surface area (Å²) in [6, 6.07) is 0. The second-order valence-electron chi connectivity index (χ2n) is 5.47. The van der Waals surface area contributed by atoms with E-state index in [0.29, 0.717) is 17.8 Å². The fourth-order valence-electron chi connectivity index (χ4n) is 2.74. The smallest absolute Gasteiger partial charge is 0.223 e. The standard InChI is InChI=1S/C13H20N4O.2ClH/c1-17-8-15-7-12(17)11-6-14-4-10(11)5-16-13(18)9-2-3-9;;/h7-11,14H,2-6H2,1H3,(H,16,18);2*1H/t10-,11+;;/m0../s1. The third kappa shape index (κ3) is 3.65. The predicted molar refractivity (Wildman–Crippen MR) is 82.5 cm³/mol. The molecule has 2 heterocycles. The van der Waals surface area contributed by atoms with Crippen LogP contribution in [0.4, 0.5) is 0 Å². The number of aryl methyl sites for hydroxylation is 1. The van der Waals surface area contributed by atoms with Gasteiger partial charge in [-0.15, -0.1) is 24.8 Å². The molecule has 0 radical (unpaired) electrons. The molecular weight excluding hydrogens is 299 g/mol. The van der Waals surface area contributed by atoms with Gasteiger partial charge in [0.1, 0.15) is 0 Å². The lowest BCUT2D eigenvalue weighted by molar-refractivity contribution is -0.122. The molecule has 0 spiro atoms. The van der Waals surface area contributed by atoms with Gasteiger partial charge in [0.15, 0.2) is 0 Å². The summed E-state index contributed by atoms with van der Waals surface area (Å²) in [6.45, 7) is 2.72. The number of amides is 1. The fraction of sp³-hybridized carbons (Fsp3) is 0.692. The normalized spacial score (nSPS) is 24.6. The zero-order valence-corrected chi connectivity index (χ0v) is 13.2. The molecule has 2 fully saturated rings. The van der Waals surface area contributed by atoms with E-state index in [1.165, 1.54) is 5.69 Å². The molecule has 2 atom stereocenters. The lowest BCUT2D eigenvalue weighted by Gasteiger charge is -2.19. The lowest BCUT2D eigenvalue weighted by atomic mass is 9.93. The highest BCUT2D eigenvalue weighted by Gasteiger charge is 2.33. The molecule has 1 saturated carbocycles. The van der Waals surface area contributed by atoms with Crippen LogP contribution in [0.3, 0.4) is 0 Å². The molecule has 1 aliphatic heterocycles. The van der Waals surface area contributed by atoms with E-state index in [4.69, 9.17) is 0 Å². The van der Waals surface area contributed by atoms with Crippen LogP contribution < -0.4 is 10.6 Å². The van der Waals surface area contributed by atoms with Gasteiger partial charge in [-0.05, 0) is 18.8 Å². The predicted octanol–water partition coefficient (Wildman–Crippen LogP) is 1.09. The zero-order chi connectivity index (χ0) is 12.5. The van der Waals surface area contributed by atoms with Crippen LogP contribution >= 0.6 is 24.8 Å². The van der Waals surface area contributed by atoms with E-state index in [1.54, 1.807) is 0 Å². The average Bonchev–Trinajstić information content (AvgIpc) is 2.98. The van der Waals surface area contributed by atoms with Crippen LogP contribution in [0.5, 0.6) is 0 Å². The van der Waals surface area contributed by atoms with Gasteiger partial charge in [0.2, 0.25) is 5.91 Å². The molecular formula is C13H22Cl2N4O. The van der Waals surface area contributed by atoms with Crippen molar-refractivity contribution in [1.29, 1.82) is 0 Å². The summed E-state index contributed by atoms with van der Waals surface area (Å²) < 4.78 is 2.08. The Bertz CT molecular complexity index is 447. The number of rotatable bonds is 4. The second kappa shape index (κ2) is 7.29. The van der Waals surface area contributed by atoms with Gasteiger partial charge in [-0.2, -0.15) is 0 Å². The summed E-state index contributed by atoms with van der Waals surface area (Å²) in [7, 11) is 2.03. The SMILES string of the molecule is Cl.Cl.Cn1cncc1[C@@H]1CNC[C@H]1CNC(=O)C1CC1. The molecule has 1 aromatic rings. The fourth-order valence-corrected chi connectivity index (χ4v) is 2.74. The van der Waals surface area contributed by atoms with Crippen LogP contribution in [-0.2, 0) is 11.8 Å². The number of hydrogen-bond acceptors (Lipinski definition) is 3. The van der Waals surface area contributed by atoms with E-state index in [2.05, 4.69) is 20.2 Å². The summed E-state index contributed by atoms with van der Waals surface area (Å²) in [5.74, 6) is 1.47. The summed E-state index contributed by atoms with van der Waals surface area (Å²) in [5.41, 5.74) is 1.26. The Labute approximate surface area is 131 Å². The van der Waals surface area contributed by atoms with Crippen molar-refractivity contribution in [2.75, 3.05) is 19.6 Å². The zero-order valence-electron chi connectivity index (χ0n) is 11.5. The quantitative estimate of drug-likeness (QED) is 0.873.